The van der Waals surface area contributed by atoms with E-state index in [0.717, 1.165) is 59.6 Å². The van der Waals surface area contributed by atoms with E-state index >= 15 is 0 Å². The average Bonchev–Trinajstić information content (AvgIpc) is 3.14. The molecule has 9 nitrogen and oxygen atoms in total. The highest BCUT2D eigenvalue weighted by molar-refractivity contribution is 7.89. The molecule has 0 radical (unpaired) electrons. The van der Waals surface area contributed by atoms with E-state index in [2.05, 4.69) is 5.32 Å². The number of amidine groups is 1. The molecule has 0 aromatic heterocycles. The van der Waals surface area contributed by atoms with Crippen molar-refractivity contribution in [2.45, 2.75) is 77.7 Å². The predicted octanol–water partition coefficient (Wildman–Crippen LogP) is 2.57. The van der Waals surface area contributed by atoms with Gasteiger partial charge in [-0.3, -0.25) is 14.0 Å². The molecule has 2 aliphatic heterocycles. The Bertz CT molecular complexity index is 1100. The summed E-state index contributed by atoms with van der Waals surface area (Å²) in [7, 11) is -2.38. The number of benzene rings is 1. The predicted molar refractivity (Wildman–Crippen MR) is 152 cm³/mol. The number of hydrogen-bond acceptors (Lipinski definition) is 7. The number of aryl methyl sites for hydroxylation is 2. The SMILES string of the molecule is CCS(=O)CCCCCCC1=NC2(CCN(S(=O)(=O)CCc3c(C)cc(N(C)N)cc3C)CC2)C(=O)N1. The molecule has 0 aliphatic carbocycles. The van der Waals surface area contributed by atoms with Crippen LogP contribution in [-0.2, 0) is 32.0 Å². The van der Waals surface area contributed by atoms with E-state index in [0.29, 0.717) is 44.5 Å². The Balaban J connectivity index is 1.50. The lowest BCUT2D eigenvalue weighted by molar-refractivity contribution is -0.124. The van der Waals surface area contributed by atoms with Gasteiger partial charge in [-0.1, -0.05) is 19.8 Å². The minimum absolute atomic E-state index is 0.0338. The van der Waals surface area contributed by atoms with Crippen LogP contribution < -0.4 is 16.2 Å². The summed E-state index contributed by atoms with van der Waals surface area (Å²) in [6.45, 7) is 6.51. The van der Waals surface area contributed by atoms with E-state index < -0.39 is 26.4 Å². The third-order valence-corrected chi connectivity index (χ3v) is 10.8. The standard InChI is InChI=1S/C26H43N5O4S2/c1-5-36(33)16-9-7-6-8-10-24-28-25(32)26(29-24)12-14-31(15-13-26)37(34,35)17-11-23-20(2)18-22(30(4)27)19-21(23)3/h18-19H,5-17,27H2,1-4H3,(H,28,29,32). The van der Waals surface area contributed by atoms with E-state index in [-0.39, 0.29) is 11.7 Å². The van der Waals surface area contributed by atoms with Crippen LogP contribution in [0.5, 0.6) is 0 Å². The number of nitrogens with one attached hydrogen (secondary N) is 1. The van der Waals surface area contributed by atoms with Crippen molar-refractivity contribution in [2.24, 2.45) is 10.8 Å². The van der Waals surface area contributed by atoms with Crippen LogP contribution >= 0.6 is 0 Å². The maximum absolute atomic E-state index is 13.1. The number of piperidine rings is 1. The summed E-state index contributed by atoms with van der Waals surface area (Å²) in [6.07, 6.45) is 5.88. The zero-order valence-corrected chi connectivity index (χ0v) is 24.3. The van der Waals surface area contributed by atoms with Crippen molar-refractivity contribution in [1.29, 1.82) is 0 Å². The van der Waals surface area contributed by atoms with Crippen molar-refractivity contribution < 1.29 is 17.4 Å². The Hall–Kier alpha value is -1.82. The lowest BCUT2D eigenvalue weighted by atomic mass is 9.89. The Labute approximate surface area is 224 Å². The molecular formula is C26H43N5O4S2. The highest BCUT2D eigenvalue weighted by Crippen LogP contribution is 2.32. The average molecular weight is 554 g/mol. The van der Waals surface area contributed by atoms with Crippen LogP contribution in [0.15, 0.2) is 17.1 Å². The number of nitrogens with zero attached hydrogens (tertiary/aromatic N) is 3. The summed E-state index contributed by atoms with van der Waals surface area (Å²) in [5, 5.41) is 4.49. The number of hydrogen-bond donors (Lipinski definition) is 2. The van der Waals surface area contributed by atoms with Crippen molar-refractivity contribution in [1.82, 2.24) is 9.62 Å². The summed E-state index contributed by atoms with van der Waals surface area (Å²) in [6, 6.07) is 3.95. The molecule has 1 aromatic carbocycles. The van der Waals surface area contributed by atoms with Crippen LogP contribution in [0.4, 0.5) is 5.69 Å². The van der Waals surface area contributed by atoms with Gasteiger partial charge >= 0.3 is 0 Å². The fourth-order valence-corrected chi connectivity index (χ4v) is 7.43. The summed E-state index contributed by atoms with van der Waals surface area (Å²) < 4.78 is 39.3. The first-order valence-electron chi connectivity index (χ1n) is 13.3. The second kappa shape index (κ2) is 12.8. The van der Waals surface area contributed by atoms with E-state index in [9.17, 15) is 17.4 Å². The lowest BCUT2D eigenvalue weighted by Gasteiger charge is -2.34. The zero-order chi connectivity index (χ0) is 27.2. The molecule has 1 aromatic rings. The second-order valence-corrected chi connectivity index (χ2v) is 14.2. The molecule has 11 heteroatoms. The zero-order valence-electron chi connectivity index (χ0n) is 22.7. The summed E-state index contributed by atoms with van der Waals surface area (Å²) >= 11 is 0. The van der Waals surface area contributed by atoms with Gasteiger partial charge in [0.25, 0.3) is 5.91 Å². The number of aliphatic imine (C=N–C) groups is 1. The van der Waals surface area contributed by atoms with Crippen LogP contribution in [0.3, 0.4) is 0 Å². The maximum Gasteiger partial charge on any atom is 0.253 e. The van der Waals surface area contributed by atoms with Crippen LogP contribution in [0.25, 0.3) is 0 Å². The summed E-state index contributed by atoms with van der Waals surface area (Å²) in [4.78, 5) is 17.5. The summed E-state index contributed by atoms with van der Waals surface area (Å²) in [5.41, 5.74) is 3.14. The topological polar surface area (TPSA) is 125 Å². The van der Waals surface area contributed by atoms with Gasteiger partial charge in [-0.05, 0) is 74.8 Å². The van der Waals surface area contributed by atoms with Crippen LogP contribution in [0, 0.1) is 13.8 Å². The van der Waals surface area contributed by atoms with Gasteiger partial charge in [0.2, 0.25) is 10.0 Å². The molecule has 1 atom stereocenters. The number of rotatable bonds is 13. The molecule has 3 N–H and O–H groups in total. The van der Waals surface area contributed by atoms with E-state index in [1.165, 1.54) is 4.31 Å². The van der Waals surface area contributed by atoms with Gasteiger partial charge in [0.1, 0.15) is 11.4 Å². The molecular weight excluding hydrogens is 510 g/mol. The monoisotopic (exact) mass is 553 g/mol. The second-order valence-electron chi connectivity index (χ2n) is 10.3. The number of unbranched alkanes of at least 4 members (excludes halogenated alkanes) is 3. The number of nitrogens with two attached hydrogens (primary N) is 1. The Kier molecular flexibility index (Phi) is 10.3. The quantitative estimate of drug-likeness (QED) is 0.220. The maximum atomic E-state index is 13.1. The summed E-state index contributed by atoms with van der Waals surface area (Å²) in [5.74, 6) is 7.97. The van der Waals surface area contributed by atoms with Crippen LogP contribution in [0.1, 0.15) is 68.6 Å². The van der Waals surface area contributed by atoms with Crippen molar-refractivity contribution >= 4 is 38.3 Å². The molecule has 2 heterocycles. The number of sulfonamides is 1. The van der Waals surface area contributed by atoms with E-state index in [4.69, 9.17) is 10.8 Å². The molecule has 3 rings (SSSR count). The molecule has 208 valence electrons. The lowest BCUT2D eigenvalue weighted by Crippen LogP contribution is -2.50. The minimum atomic E-state index is -3.45. The van der Waals surface area contributed by atoms with Crippen molar-refractivity contribution in [3.63, 3.8) is 0 Å². The van der Waals surface area contributed by atoms with Gasteiger partial charge < -0.3 is 10.3 Å². The first kappa shape index (κ1) is 29.7. The normalized spacial score (nSPS) is 18.6. The fraction of sp³-hybridized carbons (Fsp3) is 0.692. The van der Waals surface area contributed by atoms with Gasteiger partial charge in [-0.15, -0.1) is 0 Å². The fourth-order valence-electron chi connectivity index (χ4n) is 5.16. The molecule has 37 heavy (non-hydrogen) atoms. The first-order chi connectivity index (χ1) is 17.5. The van der Waals surface area contributed by atoms with Gasteiger partial charge in [0, 0.05) is 48.9 Å². The third-order valence-electron chi connectivity index (χ3n) is 7.53. The van der Waals surface area contributed by atoms with Crippen molar-refractivity contribution in [3.8, 4) is 0 Å². The molecule has 1 fully saturated rings. The van der Waals surface area contributed by atoms with Crippen molar-refractivity contribution in [2.75, 3.05) is 42.4 Å². The number of anilines is 1. The van der Waals surface area contributed by atoms with E-state index in [1.54, 1.807) is 12.1 Å². The largest absolute Gasteiger partial charge is 0.314 e. The Morgan fingerprint density at radius 1 is 1.11 bits per heavy atom. The number of carbonyl (C=O) groups is 1. The van der Waals surface area contributed by atoms with Gasteiger partial charge in [-0.2, -0.15) is 0 Å². The molecule has 1 amide bonds. The van der Waals surface area contributed by atoms with Crippen LogP contribution in [-0.4, -0.2) is 71.6 Å². The molecule has 2 aliphatic rings. The minimum Gasteiger partial charge on any atom is -0.314 e. The first-order valence-corrected chi connectivity index (χ1v) is 16.4. The Morgan fingerprint density at radius 2 is 1.73 bits per heavy atom. The van der Waals surface area contributed by atoms with E-state index in [1.807, 2.05) is 32.9 Å². The molecule has 1 spiro atoms. The number of hydrazine groups is 1. The third kappa shape index (κ3) is 7.61. The van der Waals surface area contributed by atoms with Crippen molar-refractivity contribution in [3.05, 3.63) is 28.8 Å². The Morgan fingerprint density at radius 3 is 2.32 bits per heavy atom. The molecule has 1 saturated heterocycles. The smallest absolute Gasteiger partial charge is 0.253 e. The number of amides is 1. The van der Waals surface area contributed by atoms with Gasteiger partial charge in [0.15, 0.2) is 0 Å². The molecule has 0 bridgehead atoms. The van der Waals surface area contributed by atoms with Gasteiger partial charge in [0.05, 0.1) is 11.4 Å². The molecule has 0 saturated carbocycles. The van der Waals surface area contributed by atoms with Gasteiger partial charge in [-0.25, -0.2) is 18.6 Å². The molecule has 1 unspecified atom stereocenters. The highest BCUT2D eigenvalue weighted by Gasteiger charge is 2.47. The number of carbonyl (C=O) groups excluding carboxylic acids is 1. The van der Waals surface area contributed by atoms with Crippen LogP contribution in [0.2, 0.25) is 0 Å². The highest BCUT2D eigenvalue weighted by atomic mass is 32.2.